The fraction of sp³-hybridized carbons (Fsp3) is 0.400. The number of halogens is 1. The van der Waals surface area contributed by atoms with Crippen LogP contribution in [-0.4, -0.2) is 35.6 Å². The van der Waals surface area contributed by atoms with E-state index in [1.54, 1.807) is 38.1 Å². The van der Waals surface area contributed by atoms with Gasteiger partial charge in [0.1, 0.15) is 6.04 Å². The maximum atomic E-state index is 12.1. The van der Waals surface area contributed by atoms with E-state index in [4.69, 9.17) is 4.74 Å². The van der Waals surface area contributed by atoms with Gasteiger partial charge in [-0.05, 0) is 31.5 Å². The predicted octanol–water partition coefficient (Wildman–Crippen LogP) is 2.22. The lowest BCUT2D eigenvalue weighted by molar-refractivity contribution is -0.148. The fourth-order valence-electron chi connectivity index (χ4n) is 1.83. The molecule has 1 amide bonds. The van der Waals surface area contributed by atoms with Crippen LogP contribution in [0, 0.1) is 5.92 Å². The number of nitrogens with one attached hydrogen (secondary N) is 1. The summed E-state index contributed by atoms with van der Waals surface area (Å²) in [5.41, 5.74) is 0.337. The third kappa shape index (κ3) is 5.48. The zero-order chi connectivity index (χ0) is 16.7. The van der Waals surface area contributed by atoms with E-state index in [0.717, 1.165) is 0 Å². The lowest BCUT2D eigenvalue weighted by atomic mass is 10.0. The molecule has 0 fully saturated rings. The topological polar surface area (TPSA) is 92.7 Å². The van der Waals surface area contributed by atoms with Crippen LogP contribution in [0.15, 0.2) is 28.7 Å². The van der Waals surface area contributed by atoms with E-state index in [9.17, 15) is 19.5 Å². The van der Waals surface area contributed by atoms with Gasteiger partial charge >= 0.3 is 11.9 Å². The van der Waals surface area contributed by atoms with Crippen molar-refractivity contribution in [2.45, 2.75) is 26.3 Å². The molecule has 0 aliphatic carbocycles. The molecule has 6 nitrogen and oxygen atoms in total. The average molecular weight is 372 g/mol. The Morgan fingerprint density at radius 3 is 2.59 bits per heavy atom. The van der Waals surface area contributed by atoms with Crippen LogP contribution in [0.1, 0.15) is 30.6 Å². The van der Waals surface area contributed by atoms with E-state index in [2.05, 4.69) is 21.2 Å². The second-order valence-electron chi connectivity index (χ2n) is 4.76. The molecular formula is C15H18BrNO5. The fourth-order valence-corrected chi connectivity index (χ4v) is 2.23. The Morgan fingerprint density at radius 1 is 1.36 bits per heavy atom. The molecule has 0 aliphatic rings. The van der Waals surface area contributed by atoms with Crippen LogP contribution in [0.25, 0.3) is 0 Å². The van der Waals surface area contributed by atoms with Crippen LogP contribution < -0.4 is 5.32 Å². The van der Waals surface area contributed by atoms with Gasteiger partial charge in [0, 0.05) is 10.0 Å². The molecule has 1 rings (SSSR count). The number of esters is 1. The lowest BCUT2D eigenvalue weighted by Crippen LogP contribution is -2.42. The number of carboxylic acids is 1. The summed E-state index contributed by atoms with van der Waals surface area (Å²) in [5, 5.41) is 11.6. The van der Waals surface area contributed by atoms with Gasteiger partial charge in [0.25, 0.3) is 5.91 Å². The number of ether oxygens (including phenoxy) is 1. The standard InChI is InChI=1S/C15H18BrNO5/c1-3-22-15(21)9(2)7-12(14(19)20)17-13(18)10-5-4-6-11(16)8-10/h4-6,8-9,12H,3,7H2,1-2H3,(H,17,18)(H,19,20)/t9-,12-/m1/s1. The Balaban J connectivity index is 2.74. The van der Waals surface area contributed by atoms with Crippen molar-refractivity contribution in [3.05, 3.63) is 34.3 Å². The number of amides is 1. The number of carbonyl (C=O) groups excluding carboxylic acids is 2. The lowest BCUT2D eigenvalue weighted by Gasteiger charge is -2.18. The second-order valence-corrected chi connectivity index (χ2v) is 5.68. The summed E-state index contributed by atoms with van der Waals surface area (Å²) in [6.07, 6.45) is -0.0338. The Bertz CT molecular complexity index is 561. The average Bonchev–Trinajstić information content (AvgIpc) is 2.46. The number of carboxylic acid groups (broad SMARTS) is 1. The van der Waals surface area contributed by atoms with Gasteiger partial charge in [-0.1, -0.05) is 28.9 Å². The zero-order valence-corrected chi connectivity index (χ0v) is 13.9. The first-order valence-electron chi connectivity index (χ1n) is 6.81. The van der Waals surface area contributed by atoms with Gasteiger partial charge in [-0.3, -0.25) is 9.59 Å². The molecule has 2 atom stereocenters. The van der Waals surface area contributed by atoms with Crippen molar-refractivity contribution >= 4 is 33.8 Å². The molecule has 0 saturated heterocycles. The first kappa shape index (κ1) is 18.2. The van der Waals surface area contributed by atoms with E-state index in [0.29, 0.717) is 10.0 Å². The molecule has 0 radical (unpaired) electrons. The number of hydrogen-bond acceptors (Lipinski definition) is 4. The normalized spacial score (nSPS) is 13.0. The summed E-state index contributed by atoms with van der Waals surface area (Å²) in [6, 6.07) is 5.44. The van der Waals surface area contributed by atoms with Gasteiger partial charge in [0.15, 0.2) is 0 Å². The molecule has 1 aromatic rings. The smallest absolute Gasteiger partial charge is 0.326 e. The summed E-state index contributed by atoms with van der Waals surface area (Å²) in [6.45, 7) is 3.47. The van der Waals surface area contributed by atoms with E-state index in [1.165, 1.54) is 0 Å². The second kappa shape index (κ2) is 8.53. The van der Waals surface area contributed by atoms with Crippen molar-refractivity contribution in [2.24, 2.45) is 5.92 Å². The molecule has 0 unspecified atom stereocenters. The Morgan fingerprint density at radius 2 is 2.05 bits per heavy atom. The summed E-state index contributed by atoms with van der Waals surface area (Å²) in [7, 11) is 0. The van der Waals surface area contributed by atoms with Crippen LogP contribution in [0.2, 0.25) is 0 Å². The quantitative estimate of drug-likeness (QED) is 0.716. The molecule has 0 aromatic heterocycles. The summed E-state index contributed by atoms with van der Waals surface area (Å²) in [5.74, 6) is -2.81. The van der Waals surface area contributed by atoms with Crippen LogP contribution >= 0.6 is 15.9 Å². The SMILES string of the molecule is CCOC(=O)[C@H](C)C[C@@H](NC(=O)c1cccc(Br)c1)C(=O)O. The zero-order valence-electron chi connectivity index (χ0n) is 12.3. The highest BCUT2D eigenvalue weighted by Crippen LogP contribution is 2.13. The number of carbonyl (C=O) groups is 3. The number of hydrogen-bond donors (Lipinski definition) is 2. The van der Waals surface area contributed by atoms with Crippen molar-refractivity contribution in [1.82, 2.24) is 5.32 Å². The minimum absolute atomic E-state index is 0.0338. The molecule has 120 valence electrons. The van der Waals surface area contributed by atoms with Gasteiger partial charge in [-0.15, -0.1) is 0 Å². The van der Waals surface area contributed by atoms with Crippen molar-refractivity contribution < 1.29 is 24.2 Å². The van der Waals surface area contributed by atoms with Crippen molar-refractivity contribution in [3.63, 3.8) is 0 Å². The third-order valence-corrected chi connectivity index (χ3v) is 3.46. The first-order valence-corrected chi connectivity index (χ1v) is 7.60. The minimum atomic E-state index is -1.19. The van der Waals surface area contributed by atoms with Gasteiger partial charge < -0.3 is 15.2 Å². The van der Waals surface area contributed by atoms with Crippen molar-refractivity contribution in [3.8, 4) is 0 Å². The Kier molecular flexibility index (Phi) is 7.04. The highest BCUT2D eigenvalue weighted by Gasteiger charge is 2.26. The van der Waals surface area contributed by atoms with Gasteiger partial charge in [-0.2, -0.15) is 0 Å². The highest BCUT2D eigenvalue weighted by molar-refractivity contribution is 9.10. The van der Waals surface area contributed by atoms with Crippen molar-refractivity contribution in [2.75, 3.05) is 6.61 Å². The van der Waals surface area contributed by atoms with Crippen LogP contribution in [-0.2, 0) is 14.3 Å². The molecule has 22 heavy (non-hydrogen) atoms. The molecule has 0 spiro atoms. The van der Waals surface area contributed by atoms with E-state index < -0.39 is 29.8 Å². The summed E-state index contributed by atoms with van der Waals surface area (Å²) >= 11 is 3.24. The maximum absolute atomic E-state index is 12.1. The molecule has 0 bridgehead atoms. The van der Waals surface area contributed by atoms with E-state index in [1.807, 2.05) is 0 Å². The largest absolute Gasteiger partial charge is 0.480 e. The maximum Gasteiger partial charge on any atom is 0.326 e. The molecule has 0 aliphatic heterocycles. The van der Waals surface area contributed by atoms with Crippen LogP contribution in [0.4, 0.5) is 0 Å². The molecule has 1 aromatic carbocycles. The molecule has 7 heteroatoms. The monoisotopic (exact) mass is 371 g/mol. The van der Waals surface area contributed by atoms with Crippen LogP contribution in [0.3, 0.4) is 0 Å². The molecular weight excluding hydrogens is 354 g/mol. The molecule has 0 saturated carbocycles. The Labute approximate surface area is 137 Å². The third-order valence-electron chi connectivity index (χ3n) is 2.97. The number of benzene rings is 1. The van der Waals surface area contributed by atoms with E-state index >= 15 is 0 Å². The number of aliphatic carboxylic acids is 1. The first-order chi connectivity index (χ1) is 10.3. The van der Waals surface area contributed by atoms with E-state index in [-0.39, 0.29) is 13.0 Å². The van der Waals surface area contributed by atoms with Crippen molar-refractivity contribution in [1.29, 1.82) is 0 Å². The van der Waals surface area contributed by atoms with Gasteiger partial charge in [-0.25, -0.2) is 4.79 Å². The van der Waals surface area contributed by atoms with Crippen LogP contribution in [0.5, 0.6) is 0 Å². The Hall–Kier alpha value is -1.89. The minimum Gasteiger partial charge on any atom is -0.480 e. The summed E-state index contributed by atoms with van der Waals surface area (Å²) < 4.78 is 5.55. The summed E-state index contributed by atoms with van der Waals surface area (Å²) in [4.78, 5) is 34.9. The predicted molar refractivity (Wildman–Crippen MR) is 83.4 cm³/mol. The molecule has 0 heterocycles. The number of rotatable bonds is 7. The molecule has 2 N–H and O–H groups in total. The van der Waals surface area contributed by atoms with Gasteiger partial charge in [0.2, 0.25) is 0 Å². The van der Waals surface area contributed by atoms with Gasteiger partial charge in [0.05, 0.1) is 12.5 Å². The highest BCUT2D eigenvalue weighted by atomic mass is 79.9.